The van der Waals surface area contributed by atoms with Gasteiger partial charge in [-0.1, -0.05) is 30.3 Å². The first kappa shape index (κ1) is 19.9. The van der Waals surface area contributed by atoms with Crippen molar-refractivity contribution in [2.45, 2.75) is 6.42 Å². The van der Waals surface area contributed by atoms with Crippen molar-refractivity contribution in [2.24, 2.45) is 5.92 Å². The molecule has 0 aliphatic carbocycles. The van der Waals surface area contributed by atoms with E-state index in [1.807, 2.05) is 25.2 Å². The average molecular weight is 427 g/mol. The standard InChI is InChI=1S/C20H22N6O3S/c1-25(20-23-19(24-30-20)26-8-7-21-13-26)11-18(27)22-10-16(17-12-28-14-29-17)9-15-5-3-2-4-6-15/h2-8,12-13,16H,9-11,14H2,1H3,(H,22,27). The summed E-state index contributed by atoms with van der Waals surface area (Å²) in [5.74, 6) is 1.18. The van der Waals surface area contributed by atoms with Crippen LogP contribution in [0.1, 0.15) is 5.56 Å². The van der Waals surface area contributed by atoms with E-state index in [4.69, 9.17) is 9.47 Å². The van der Waals surface area contributed by atoms with Crippen molar-refractivity contribution in [1.82, 2.24) is 24.2 Å². The molecule has 0 saturated heterocycles. The number of likely N-dealkylation sites (N-methyl/N-ethyl adjacent to an activating group) is 1. The van der Waals surface area contributed by atoms with Crippen molar-refractivity contribution in [3.63, 3.8) is 0 Å². The Morgan fingerprint density at radius 2 is 2.23 bits per heavy atom. The molecule has 3 heterocycles. The lowest BCUT2D eigenvalue weighted by atomic mass is 9.97. The van der Waals surface area contributed by atoms with Gasteiger partial charge in [0.05, 0.1) is 6.54 Å². The Hall–Kier alpha value is -3.40. The van der Waals surface area contributed by atoms with Crippen LogP contribution in [0.15, 0.2) is 61.1 Å². The van der Waals surface area contributed by atoms with Gasteiger partial charge in [-0.2, -0.15) is 9.36 Å². The Bertz CT molecular complexity index is 989. The van der Waals surface area contributed by atoms with E-state index in [2.05, 4.69) is 31.8 Å². The number of hydrogen-bond acceptors (Lipinski definition) is 8. The predicted octanol–water partition coefficient (Wildman–Crippen LogP) is 1.98. The van der Waals surface area contributed by atoms with E-state index in [1.165, 1.54) is 17.1 Å². The smallest absolute Gasteiger partial charge is 0.248 e. The van der Waals surface area contributed by atoms with Crippen LogP contribution < -0.4 is 10.2 Å². The summed E-state index contributed by atoms with van der Waals surface area (Å²) in [7, 11) is 1.82. The van der Waals surface area contributed by atoms with Crippen molar-refractivity contribution in [3.8, 4) is 5.95 Å². The van der Waals surface area contributed by atoms with Gasteiger partial charge in [-0.05, 0) is 12.0 Å². The van der Waals surface area contributed by atoms with Crippen LogP contribution in [0.2, 0.25) is 0 Å². The van der Waals surface area contributed by atoms with Gasteiger partial charge < -0.3 is 19.7 Å². The normalized spacial score (nSPS) is 13.8. The third-order valence-corrected chi connectivity index (χ3v) is 5.43. The fourth-order valence-electron chi connectivity index (χ4n) is 3.06. The molecule has 0 fully saturated rings. The topological polar surface area (TPSA) is 94.4 Å². The molecule has 1 N–H and O–H groups in total. The van der Waals surface area contributed by atoms with Crippen LogP contribution in [-0.2, 0) is 20.7 Å². The zero-order valence-electron chi connectivity index (χ0n) is 16.5. The maximum Gasteiger partial charge on any atom is 0.248 e. The summed E-state index contributed by atoms with van der Waals surface area (Å²) in [6.45, 7) is 0.841. The monoisotopic (exact) mass is 426 g/mol. The van der Waals surface area contributed by atoms with Gasteiger partial charge in [0.25, 0.3) is 0 Å². The molecule has 0 saturated carbocycles. The average Bonchev–Trinajstić information content (AvgIpc) is 3.53. The summed E-state index contributed by atoms with van der Waals surface area (Å²) in [6, 6.07) is 10.1. The SMILES string of the molecule is CN(CC(=O)NCC(Cc1ccccc1)C1=COCO1)c1nc(-n2ccnc2)ns1. The van der Waals surface area contributed by atoms with Crippen LogP contribution in [0, 0.1) is 5.92 Å². The lowest BCUT2D eigenvalue weighted by Gasteiger charge is -2.19. The molecule has 0 spiro atoms. The van der Waals surface area contributed by atoms with Crippen molar-refractivity contribution in [2.75, 3.05) is 31.8 Å². The molecule has 1 unspecified atom stereocenters. The van der Waals surface area contributed by atoms with Gasteiger partial charge in [-0.25, -0.2) is 4.98 Å². The van der Waals surface area contributed by atoms with Gasteiger partial charge in [-0.15, -0.1) is 0 Å². The molecule has 3 aromatic rings. The Balaban J connectivity index is 1.33. The summed E-state index contributed by atoms with van der Waals surface area (Å²) in [5, 5.41) is 3.66. The minimum absolute atomic E-state index is 0.00136. The van der Waals surface area contributed by atoms with Crippen molar-refractivity contribution < 1.29 is 14.3 Å². The van der Waals surface area contributed by atoms with Crippen LogP contribution in [0.25, 0.3) is 5.95 Å². The van der Waals surface area contributed by atoms with Crippen molar-refractivity contribution >= 4 is 22.6 Å². The van der Waals surface area contributed by atoms with Crippen LogP contribution in [-0.4, -0.2) is 51.7 Å². The van der Waals surface area contributed by atoms with E-state index >= 15 is 0 Å². The molecule has 1 aliphatic heterocycles. The van der Waals surface area contributed by atoms with E-state index in [1.54, 1.807) is 34.5 Å². The first-order chi connectivity index (χ1) is 14.7. The van der Waals surface area contributed by atoms with E-state index in [0.29, 0.717) is 17.6 Å². The number of ether oxygens (including phenoxy) is 2. The molecule has 9 nitrogen and oxygen atoms in total. The Morgan fingerprint density at radius 3 is 2.97 bits per heavy atom. The largest absolute Gasteiger partial charge is 0.462 e. The molecular weight excluding hydrogens is 404 g/mol. The fourth-order valence-corrected chi connectivity index (χ4v) is 3.68. The fraction of sp³-hybridized carbons (Fsp3) is 0.300. The number of carbonyl (C=O) groups excluding carboxylic acids is 1. The molecule has 1 aromatic carbocycles. The molecule has 1 aliphatic rings. The minimum atomic E-state index is -0.102. The number of aromatic nitrogens is 4. The molecule has 30 heavy (non-hydrogen) atoms. The zero-order valence-corrected chi connectivity index (χ0v) is 17.3. The highest BCUT2D eigenvalue weighted by molar-refractivity contribution is 7.09. The third-order valence-electron chi connectivity index (χ3n) is 4.61. The number of imidazole rings is 1. The highest BCUT2D eigenvalue weighted by atomic mass is 32.1. The zero-order chi connectivity index (χ0) is 20.8. The summed E-state index contributed by atoms with van der Waals surface area (Å²) < 4.78 is 16.8. The Labute approximate surface area is 178 Å². The number of benzene rings is 1. The van der Waals surface area contributed by atoms with Crippen LogP contribution in [0.3, 0.4) is 0 Å². The second-order valence-corrected chi connectivity index (χ2v) is 7.57. The molecular formula is C20H22N6O3S. The molecule has 0 radical (unpaired) electrons. The highest BCUT2D eigenvalue weighted by Crippen LogP contribution is 2.22. The molecule has 0 bridgehead atoms. The second-order valence-electron chi connectivity index (χ2n) is 6.84. The van der Waals surface area contributed by atoms with Crippen molar-refractivity contribution in [3.05, 3.63) is 66.6 Å². The van der Waals surface area contributed by atoms with E-state index in [0.717, 1.165) is 12.2 Å². The molecule has 10 heteroatoms. The van der Waals surface area contributed by atoms with E-state index in [9.17, 15) is 4.79 Å². The van der Waals surface area contributed by atoms with Crippen molar-refractivity contribution in [1.29, 1.82) is 0 Å². The first-order valence-electron chi connectivity index (χ1n) is 9.47. The number of anilines is 1. The number of nitrogens with zero attached hydrogens (tertiary/aromatic N) is 5. The lowest BCUT2D eigenvalue weighted by Crippen LogP contribution is -2.38. The van der Waals surface area contributed by atoms with Gasteiger partial charge in [0.2, 0.25) is 23.8 Å². The summed E-state index contributed by atoms with van der Waals surface area (Å²) in [6.07, 6.45) is 7.45. The molecule has 156 valence electrons. The number of carbonyl (C=O) groups is 1. The van der Waals surface area contributed by atoms with Gasteiger partial charge in [0, 0.05) is 43.4 Å². The van der Waals surface area contributed by atoms with Gasteiger partial charge in [-0.3, -0.25) is 9.36 Å². The van der Waals surface area contributed by atoms with Gasteiger partial charge >= 0.3 is 0 Å². The summed E-state index contributed by atoms with van der Waals surface area (Å²) >= 11 is 1.24. The number of amides is 1. The van der Waals surface area contributed by atoms with Gasteiger partial charge in [0.1, 0.15) is 18.3 Å². The summed E-state index contributed by atoms with van der Waals surface area (Å²) in [5.41, 5.74) is 1.17. The first-order valence-corrected chi connectivity index (χ1v) is 10.2. The second kappa shape index (κ2) is 9.40. The van der Waals surface area contributed by atoms with Crippen LogP contribution in [0.5, 0.6) is 0 Å². The van der Waals surface area contributed by atoms with Gasteiger partial charge in [0.15, 0.2) is 0 Å². The Kier molecular flexibility index (Phi) is 6.23. The predicted molar refractivity (Wildman–Crippen MR) is 112 cm³/mol. The quantitative estimate of drug-likeness (QED) is 0.559. The van der Waals surface area contributed by atoms with Crippen LogP contribution >= 0.6 is 11.5 Å². The lowest BCUT2D eigenvalue weighted by molar-refractivity contribution is -0.119. The molecule has 4 rings (SSSR count). The Morgan fingerprint density at radius 1 is 1.37 bits per heavy atom. The maximum absolute atomic E-state index is 12.5. The minimum Gasteiger partial charge on any atom is -0.462 e. The van der Waals surface area contributed by atoms with E-state index in [-0.39, 0.29) is 25.2 Å². The molecule has 1 atom stereocenters. The number of rotatable bonds is 9. The highest BCUT2D eigenvalue weighted by Gasteiger charge is 2.22. The number of nitrogens with one attached hydrogen (secondary N) is 1. The molecule has 1 amide bonds. The maximum atomic E-state index is 12.5. The third kappa shape index (κ3) is 4.95. The van der Waals surface area contributed by atoms with E-state index < -0.39 is 0 Å². The van der Waals surface area contributed by atoms with Crippen LogP contribution in [0.4, 0.5) is 5.13 Å². The number of hydrogen-bond donors (Lipinski definition) is 1. The molecule has 2 aromatic heterocycles. The summed E-state index contributed by atoms with van der Waals surface area (Å²) in [4.78, 5) is 22.7.